The van der Waals surface area contributed by atoms with Crippen molar-refractivity contribution < 1.29 is 27.4 Å². The number of nitrogens with one attached hydrogen (secondary N) is 1. The van der Waals surface area contributed by atoms with Crippen LogP contribution in [0.1, 0.15) is 24.2 Å². The van der Waals surface area contributed by atoms with E-state index in [2.05, 4.69) is 10.2 Å². The number of hydrogen-bond acceptors (Lipinski definition) is 7. The van der Waals surface area contributed by atoms with Crippen LogP contribution in [0.2, 0.25) is 5.02 Å². The summed E-state index contributed by atoms with van der Waals surface area (Å²) in [6, 6.07) is 7.57. The van der Waals surface area contributed by atoms with Crippen LogP contribution in [-0.2, 0) is 14.8 Å². The van der Waals surface area contributed by atoms with Gasteiger partial charge in [-0.15, -0.1) is 0 Å². The number of ether oxygens (including phenoxy) is 3. The molecule has 9 nitrogen and oxygen atoms in total. The number of carbonyl (C=O) groups excluding carboxylic acids is 1. The number of halogens is 1. The Morgan fingerprint density at radius 2 is 1.74 bits per heavy atom. The van der Waals surface area contributed by atoms with Crippen LogP contribution in [0.4, 0.5) is 11.4 Å². The van der Waals surface area contributed by atoms with Crippen molar-refractivity contribution in [2.75, 3.05) is 63.8 Å². The van der Waals surface area contributed by atoms with Gasteiger partial charge in [0, 0.05) is 39.3 Å². The lowest BCUT2D eigenvalue weighted by Crippen LogP contribution is -2.36. The summed E-state index contributed by atoms with van der Waals surface area (Å²) in [5.41, 5.74) is 1.27. The Bertz CT molecular complexity index is 1130. The first-order valence-electron chi connectivity index (χ1n) is 11.0. The molecule has 2 aromatic carbocycles. The number of hydrogen-bond donors (Lipinski definition) is 1. The average Bonchev–Trinajstić information content (AvgIpc) is 2.81. The van der Waals surface area contributed by atoms with Crippen molar-refractivity contribution in [2.24, 2.45) is 0 Å². The quantitative estimate of drug-likeness (QED) is 0.550. The highest BCUT2D eigenvalue weighted by Crippen LogP contribution is 2.39. The van der Waals surface area contributed by atoms with Crippen molar-refractivity contribution in [3.05, 3.63) is 40.9 Å². The predicted molar refractivity (Wildman–Crippen MR) is 132 cm³/mol. The summed E-state index contributed by atoms with van der Waals surface area (Å²) >= 11 is 6.25. The van der Waals surface area contributed by atoms with Gasteiger partial charge in [0.05, 0.1) is 53.3 Å². The molecule has 0 saturated carbocycles. The molecule has 0 aliphatic carbocycles. The Labute approximate surface area is 205 Å². The summed E-state index contributed by atoms with van der Waals surface area (Å²) in [5, 5.41) is 2.94. The number of morpholine rings is 1. The zero-order valence-electron chi connectivity index (χ0n) is 19.8. The summed E-state index contributed by atoms with van der Waals surface area (Å²) in [6.45, 7) is 7.19. The van der Waals surface area contributed by atoms with Gasteiger partial charge < -0.3 is 24.4 Å². The molecule has 1 saturated heterocycles. The molecule has 0 atom stereocenters. The van der Waals surface area contributed by atoms with Gasteiger partial charge in [0.1, 0.15) is 11.5 Å². The number of rotatable bonds is 9. The number of nitrogens with zero attached hydrogens (tertiary/aromatic N) is 2. The lowest BCUT2D eigenvalue weighted by atomic mass is 10.1. The van der Waals surface area contributed by atoms with Gasteiger partial charge in [-0.3, -0.25) is 4.79 Å². The summed E-state index contributed by atoms with van der Waals surface area (Å²) in [4.78, 5) is 15.3. The summed E-state index contributed by atoms with van der Waals surface area (Å²) in [5.74, 6) is 0.496. The number of benzene rings is 2. The maximum atomic E-state index is 13.2. The normalized spacial score (nSPS) is 14.2. The highest BCUT2D eigenvalue weighted by Gasteiger charge is 2.23. The van der Waals surface area contributed by atoms with Gasteiger partial charge in [-0.1, -0.05) is 11.6 Å². The highest BCUT2D eigenvalue weighted by molar-refractivity contribution is 7.89. The molecule has 0 aromatic heterocycles. The maximum absolute atomic E-state index is 13.2. The monoisotopic (exact) mass is 511 g/mol. The Morgan fingerprint density at radius 3 is 2.35 bits per heavy atom. The summed E-state index contributed by atoms with van der Waals surface area (Å²) in [7, 11) is -0.897. The van der Waals surface area contributed by atoms with Crippen molar-refractivity contribution in [3.8, 4) is 11.5 Å². The molecule has 34 heavy (non-hydrogen) atoms. The molecule has 2 aromatic rings. The van der Waals surface area contributed by atoms with Crippen molar-refractivity contribution in [1.29, 1.82) is 0 Å². The molecule has 0 radical (unpaired) electrons. The second-order valence-electron chi connectivity index (χ2n) is 7.66. The van der Waals surface area contributed by atoms with Gasteiger partial charge in [0.25, 0.3) is 5.91 Å². The molecule has 186 valence electrons. The fourth-order valence-electron chi connectivity index (χ4n) is 3.48. The minimum absolute atomic E-state index is 0.0299. The minimum atomic E-state index is -3.74. The Hall–Kier alpha value is -2.53. The third-order valence-electron chi connectivity index (χ3n) is 5.22. The lowest BCUT2D eigenvalue weighted by Gasteiger charge is -2.31. The fraction of sp³-hybridized carbons (Fsp3) is 0.435. The SMILES string of the molecule is CCOc1cc(N2CCOCC2)c(OCC)cc1NC(=O)c1cc(S(=O)(=O)N(C)C)ccc1Cl. The van der Waals surface area contributed by atoms with Gasteiger partial charge in [0.15, 0.2) is 0 Å². The molecule has 11 heteroatoms. The second-order valence-corrected chi connectivity index (χ2v) is 10.2. The van der Waals surface area contributed by atoms with E-state index in [1.807, 2.05) is 19.9 Å². The zero-order chi connectivity index (χ0) is 24.9. The second kappa shape index (κ2) is 11.3. The first-order chi connectivity index (χ1) is 16.2. The van der Waals surface area contributed by atoms with E-state index in [0.29, 0.717) is 56.7 Å². The van der Waals surface area contributed by atoms with Crippen LogP contribution in [0.15, 0.2) is 35.2 Å². The van der Waals surface area contributed by atoms with Crippen LogP contribution >= 0.6 is 11.6 Å². The third-order valence-corrected chi connectivity index (χ3v) is 7.36. The van der Waals surface area contributed by atoms with Crippen LogP contribution in [-0.4, -0.2) is 72.2 Å². The molecule has 0 unspecified atom stereocenters. The molecule has 0 spiro atoms. The Balaban J connectivity index is 1.99. The first-order valence-corrected chi connectivity index (χ1v) is 12.8. The van der Waals surface area contributed by atoms with E-state index in [9.17, 15) is 13.2 Å². The third kappa shape index (κ3) is 5.75. The summed E-state index contributed by atoms with van der Waals surface area (Å²) < 4.78 is 43.2. The lowest BCUT2D eigenvalue weighted by molar-refractivity contribution is 0.102. The minimum Gasteiger partial charge on any atom is -0.492 e. The van der Waals surface area contributed by atoms with Gasteiger partial charge in [-0.05, 0) is 32.0 Å². The first kappa shape index (κ1) is 26.1. The van der Waals surface area contributed by atoms with Gasteiger partial charge in [0.2, 0.25) is 10.0 Å². The molecule has 1 fully saturated rings. The molecule has 1 aliphatic rings. The van der Waals surface area contributed by atoms with Crippen molar-refractivity contribution in [2.45, 2.75) is 18.7 Å². The largest absolute Gasteiger partial charge is 0.492 e. The molecular formula is C23H30ClN3O6S. The van der Waals surface area contributed by atoms with Crippen molar-refractivity contribution in [3.63, 3.8) is 0 Å². The topological polar surface area (TPSA) is 97.4 Å². The van der Waals surface area contributed by atoms with E-state index in [1.165, 1.54) is 32.3 Å². The van der Waals surface area contributed by atoms with Gasteiger partial charge in [-0.25, -0.2) is 12.7 Å². The van der Waals surface area contributed by atoms with Crippen molar-refractivity contribution >= 4 is 38.9 Å². The number of carbonyl (C=O) groups is 1. The van der Waals surface area contributed by atoms with Crippen molar-refractivity contribution in [1.82, 2.24) is 4.31 Å². The molecular weight excluding hydrogens is 482 g/mol. The van der Waals surface area contributed by atoms with Gasteiger partial charge >= 0.3 is 0 Å². The van der Waals surface area contributed by atoms with E-state index in [0.717, 1.165) is 9.99 Å². The molecule has 0 bridgehead atoms. The van der Waals surface area contributed by atoms with Crippen LogP contribution in [0.5, 0.6) is 11.5 Å². The molecule has 3 rings (SSSR count). The predicted octanol–water partition coefficient (Wildman–Crippen LogP) is 3.48. The van der Waals surface area contributed by atoms with E-state index in [4.69, 9.17) is 25.8 Å². The fourth-order valence-corrected chi connectivity index (χ4v) is 4.62. The maximum Gasteiger partial charge on any atom is 0.257 e. The number of sulfonamides is 1. The smallest absolute Gasteiger partial charge is 0.257 e. The summed E-state index contributed by atoms with van der Waals surface area (Å²) in [6.07, 6.45) is 0. The Morgan fingerprint density at radius 1 is 1.09 bits per heavy atom. The van der Waals surface area contributed by atoms with E-state index < -0.39 is 15.9 Å². The van der Waals surface area contributed by atoms with Crippen LogP contribution in [0.25, 0.3) is 0 Å². The van der Waals surface area contributed by atoms with E-state index >= 15 is 0 Å². The van der Waals surface area contributed by atoms with Crippen LogP contribution < -0.4 is 19.7 Å². The number of amides is 1. The molecule has 1 amide bonds. The Kier molecular flexibility index (Phi) is 8.64. The van der Waals surface area contributed by atoms with Crippen LogP contribution in [0, 0.1) is 0 Å². The molecule has 1 aliphatic heterocycles. The van der Waals surface area contributed by atoms with Gasteiger partial charge in [-0.2, -0.15) is 0 Å². The van der Waals surface area contributed by atoms with Crippen LogP contribution in [0.3, 0.4) is 0 Å². The highest BCUT2D eigenvalue weighted by atomic mass is 35.5. The molecule has 1 N–H and O–H groups in total. The average molecular weight is 512 g/mol. The molecule has 1 heterocycles. The number of anilines is 2. The standard InChI is InChI=1S/C23H30ClN3O6S/c1-5-32-21-15-20(27-9-11-31-12-10-27)22(33-6-2)14-19(21)25-23(28)17-13-16(7-8-18(17)24)34(29,30)26(3)4/h7-8,13-15H,5-6,9-12H2,1-4H3,(H,25,28). The van der Waals surface area contributed by atoms with E-state index in [-0.39, 0.29) is 15.5 Å². The van der Waals surface area contributed by atoms with E-state index in [1.54, 1.807) is 6.07 Å². The zero-order valence-corrected chi connectivity index (χ0v) is 21.3.